The second-order valence-corrected chi connectivity index (χ2v) is 4.41. The van der Waals surface area contributed by atoms with Crippen molar-refractivity contribution in [2.75, 3.05) is 0 Å². The van der Waals surface area contributed by atoms with Gasteiger partial charge in [0.1, 0.15) is 12.4 Å². The predicted molar refractivity (Wildman–Crippen MR) is 74.7 cm³/mol. The number of ether oxygens (including phenoxy) is 1. The molecule has 0 saturated heterocycles. The van der Waals surface area contributed by atoms with Gasteiger partial charge in [0.15, 0.2) is 0 Å². The maximum Gasteiger partial charge on any atom is 0.123 e. The molecule has 0 atom stereocenters. The van der Waals surface area contributed by atoms with Gasteiger partial charge in [-0.3, -0.25) is 0 Å². The van der Waals surface area contributed by atoms with Crippen molar-refractivity contribution in [3.63, 3.8) is 0 Å². The van der Waals surface area contributed by atoms with Crippen LogP contribution in [0.5, 0.6) is 5.75 Å². The van der Waals surface area contributed by atoms with Gasteiger partial charge in [-0.1, -0.05) is 49.7 Å². The molecule has 1 heteroatoms. The summed E-state index contributed by atoms with van der Waals surface area (Å²) in [6.45, 7) is 2.83. The van der Waals surface area contributed by atoms with Gasteiger partial charge in [-0.2, -0.15) is 0 Å². The topological polar surface area (TPSA) is 9.23 Å². The molecule has 1 radical (unpaired) electrons. The minimum Gasteiger partial charge on any atom is -0.489 e. The average Bonchev–Trinajstić information content (AvgIpc) is 2.45. The molecule has 0 aliphatic heterocycles. The Bertz CT molecular complexity index is 462. The number of aryl methyl sites for hydroxylation is 1. The van der Waals surface area contributed by atoms with Crippen LogP contribution in [0.1, 0.15) is 30.9 Å². The fourth-order valence-electron chi connectivity index (χ4n) is 1.89. The van der Waals surface area contributed by atoms with Crippen molar-refractivity contribution in [1.29, 1.82) is 0 Å². The molecular weight excluding hydrogens is 220 g/mol. The van der Waals surface area contributed by atoms with E-state index in [0.717, 1.165) is 12.2 Å². The lowest BCUT2D eigenvalue weighted by atomic mass is 10.1. The van der Waals surface area contributed by atoms with Crippen LogP contribution in [0.2, 0.25) is 0 Å². The molecule has 0 heterocycles. The van der Waals surface area contributed by atoms with Crippen LogP contribution < -0.4 is 4.74 Å². The minimum atomic E-state index is 0.629. The van der Waals surface area contributed by atoms with Crippen molar-refractivity contribution >= 4 is 0 Å². The standard InChI is InChI=1S/C17H19O/c1-2-3-11-16-12-7-8-13-17(16)18-14-15-9-5-4-6-10-15/h4-6,8-10,12-13H,2-3,11,14H2,1H3. The first-order valence-electron chi connectivity index (χ1n) is 6.56. The summed E-state index contributed by atoms with van der Waals surface area (Å²) in [7, 11) is 0. The Morgan fingerprint density at radius 1 is 1.11 bits per heavy atom. The van der Waals surface area contributed by atoms with Gasteiger partial charge in [0.2, 0.25) is 0 Å². The van der Waals surface area contributed by atoms with E-state index < -0.39 is 0 Å². The zero-order valence-corrected chi connectivity index (χ0v) is 10.9. The van der Waals surface area contributed by atoms with E-state index in [0.29, 0.717) is 6.61 Å². The van der Waals surface area contributed by atoms with Crippen LogP contribution in [0.25, 0.3) is 0 Å². The van der Waals surface area contributed by atoms with Crippen molar-refractivity contribution < 1.29 is 4.74 Å². The number of benzene rings is 2. The van der Waals surface area contributed by atoms with E-state index in [4.69, 9.17) is 4.74 Å². The molecule has 0 bridgehead atoms. The molecular formula is C17H19O. The van der Waals surface area contributed by atoms with Crippen LogP contribution in [-0.4, -0.2) is 0 Å². The smallest absolute Gasteiger partial charge is 0.123 e. The molecule has 0 aromatic heterocycles. The number of hydrogen-bond acceptors (Lipinski definition) is 1. The van der Waals surface area contributed by atoms with E-state index in [1.165, 1.54) is 24.0 Å². The van der Waals surface area contributed by atoms with E-state index in [1.807, 2.05) is 36.4 Å². The highest BCUT2D eigenvalue weighted by atomic mass is 16.5. The maximum atomic E-state index is 5.90. The second kappa shape index (κ2) is 6.85. The molecule has 0 aliphatic carbocycles. The van der Waals surface area contributed by atoms with E-state index >= 15 is 0 Å². The third-order valence-corrected chi connectivity index (χ3v) is 2.94. The first-order valence-corrected chi connectivity index (χ1v) is 6.56. The van der Waals surface area contributed by atoms with Gasteiger partial charge in [0.05, 0.1) is 0 Å². The highest BCUT2D eigenvalue weighted by Crippen LogP contribution is 2.21. The van der Waals surface area contributed by atoms with Gasteiger partial charge in [0.25, 0.3) is 0 Å². The molecule has 0 saturated carbocycles. The van der Waals surface area contributed by atoms with Gasteiger partial charge >= 0.3 is 0 Å². The zero-order valence-electron chi connectivity index (χ0n) is 10.9. The zero-order chi connectivity index (χ0) is 12.6. The molecule has 0 aliphatic rings. The van der Waals surface area contributed by atoms with Crippen molar-refractivity contribution in [2.45, 2.75) is 32.8 Å². The number of hydrogen-bond donors (Lipinski definition) is 0. The molecule has 93 valence electrons. The van der Waals surface area contributed by atoms with Crippen molar-refractivity contribution in [3.05, 3.63) is 65.7 Å². The van der Waals surface area contributed by atoms with Gasteiger partial charge in [0, 0.05) is 0 Å². The van der Waals surface area contributed by atoms with Crippen LogP contribution in [0.4, 0.5) is 0 Å². The lowest BCUT2D eigenvalue weighted by Crippen LogP contribution is -1.98. The molecule has 0 unspecified atom stereocenters. The quantitative estimate of drug-likeness (QED) is 0.725. The average molecular weight is 239 g/mol. The molecule has 0 amide bonds. The molecule has 0 fully saturated rings. The molecule has 18 heavy (non-hydrogen) atoms. The molecule has 0 spiro atoms. The SMILES string of the molecule is CCCCc1c[c]ccc1OCc1ccccc1. The second-order valence-electron chi connectivity index (χ2n) is 4.41. The van der Waals surface area contributed by atoms with E-state index in [9.17, 15) is 0 Å². The monoisotopic (exact) mass is 239 g/mol. The predicted octanol–water partition coefficient (Wildman–Crippen LogP) is 4.41. The van der Waals surface area contributed by atoms with E-state index in [2.05, 4.69) is 25.1 Å². The summed E-state index contributed by atoms with van der Waals surface area (Å²) < 4.78 is 5.90. The molecule has 2 aromatic rings. The van der Waals surface area contributed by atoms with Crippen molar-refractivity contribution in [2.24, 2.45) is 0 Å². The molecule has 2 rings (SSSR count). The number of unbranched alkanes of at least 4 members (excludes halogenated alkanes) is 1. The highest BCUT2D eigenvalue weighted by molar-refractivity contribution is 5.33. The Kier molecular flexibility index (Phi) is 4.83. The summed E-state index contributed by atoms with van der Waals surface area (Å²) in [5, 5.41) is 0. The van der Waals surface area contributed by atoms with Gasteiger partial charge < -0.3 is 4.74 Å². The minimum absolute atomic E-state index is 0.629. The normalized spacial score (nSPS) is 10.3. The van der Waals surface area contributed by atoms with Gasteiger partial charge in [-0.15, -0.1) is 0 Å². The van der Waals surface area contributed by atoms with Crippen LogP contribution in [0, 0.1) is 6.07 Å². The summed E-state index contributed by atoms with van der Waals surface area (Å²) in [6.07, 6.45) is 3.46. The Morgan fingerprint density at radius 3 is 2.72 bits per heavy atom. The van der Waals surface area contributed by atoms with E-state index in [1.54, 1.807) is 0 Å². The van der Waals surface area contributed by atoms with E-state index in [-0.39, 0.29) is 0 Å². The first-order chi connectivity index (χ1) is 8.90. The Labute approximate surface area is 109 Å². The fourth-order valence-corrected chi connectivity index (χ4v) is 1.89. The molecule has 0 N–H and O–H groups in total. The Morgan fingerprint density at radius 2 is 1.94 bits per heavy atom. The van der Waals surface area contributed by atoms with Crippen LogP contribution in [0.3, 0.4) is 0 Å². The fraction of sp³-hybridized carbons (Fsp3) is 0.294. The first kappa shape index (κ1) is 12.7. The van der Waals surface area contributed by atoms with Crippen LogP contribution in [-0.2, 0) is 13.0 Å². The largest absolute Gasteiger partial charge is 0.489 e. The molecule has 1 nitrogen and oxygen atoms in total. The maximum absolute atomic E-state index is 5.90. The third-order valence-electron chi connectivity index (χ3n) is 2.94. The summed E-state index contributed by atoms with van der Waals surface area (Å²) in [6, 6.07) is 19.4. The van der Waals surface area contributed by atoms with Gasteiger partial charge in [-0.25, -0.2) is 0 Å². The van der Waals surface area contributed by atoms with Crippen molar-refractivity contribution in [3.8, 4) is 5.75 Å². The summed E-state index contributed by atoms with van der Waals surface area (Å²) in [4.78, 5) is 0. The van der Waals surface area contributed by atoms with Crippen LogP contribution >= 0.6 is 0 Å². The Balaban J connectivity index is 2.00. The van der Waals surface area contributed by atoms with Gasteiger partial charge in [-0.05, 0) is 42.2 Å². The lowest BCUT2D eigenvalue weighted by Gasteiger charge is -2.11. The number of rotatable bonds is 6. The lowest BCUT2D eigenvalue weighted by molar-refractivity contribution is 0.302. The molecule has 2 aromatic carbocycles. The third kappa shape index (κ3) is 3.63. The summed E-state index contributed by atoms with van der Waals surface area (Å²) >= 11 is 0. The Hall–Kier alpha value is -1.76. The summed E-state index contributed by atoms with van der Waals surface area (Å²) in [5.41, 5.74) is 2.46. The van der Waals surface area contributed by atoms with Crippen LogP contribution in [0.15, 0.2) is 48.5 Å². The highest BCUT2D eigenvalue weighted by Gasteiger charge is 2.02. The summed E-state index contributed by atoms with van der Waals surface area (Å²) in [5.74, 6) is 0.992. The van der Waals surface area contributed by atoms with Crippen molar-refractivity contribution in [1.82, 2.24) is 0 Å².